The quantitative estimate of drug-likeness (QED) is 0.788. The fraction of sp³-hybridized carbons (Fsp3) is 0.500. The topological polar surface area (TPSA) is 79.5 Å². The minimum absolute atomic E-state index is 0.00586. The van der Waals surface area contributed by atoms with E-state index in [9.17, 15) is 9.90 Å². The number of aromatic nitrogens is 1. The number of anilines is 1. The van der Waals surface area contributed by atoms with E-state index in [0.717, 1.165) is 19.3 Å². The third-order valence-corrected chi connectivity index (χ3v) is 3.17. The number of carbonyl (C=O) groups excluding carboxylic acids is 1. The van der Waals surface area contributed by atoms with Crippen LogP contribution in [-0.2, 0) is 0 Å². The van der Waals surface area contributed by atoms with Crippen LogP contribution in [0.3, 0.4) is 0 Å². The lowest BCUT2D eigenvalue weighted by molar-refractivity contribution is 0.0504. The average Bonchev–Trinajstić information content (AvgIpc) is 2.38. The minimum atomic E-state index is -0.130. The fourth-order valence-corrected chi connectivity index (χ4v) is 2.21. The number of aliphatic hydroxyl groups is 1. The monoisotopic (exact) mass is 235 g/mol. The molecule has 2 heterocycles. The van der Waals surface area contributed by atoms with Crippen LogP contribution in [0.2, 0.25) is 0 Å². The first-order valence-electron chi connectivity index (χ1n) is 5.86. The number of carbonyl (C=O) groups is 1. The lowest BCUT2D eigenvalue weighted by atomic mass is 10.0. The largest absolute Gasteiger partial charge is 0.394 e. The summed E-state index contributed by atoms with van der Waals surface area (Å²) in [4.78, 5) is 17.9. The molecule has 0 spiro atoms. The Morgan fingerprint density at radius 2 is 2.41 bits per heavy atom. The molecule has 1 atom stereocenters. The summed E-state index contributed by atoms with van der Waals surface area (Å²) in [6, 6.07) is 3.28. The molecule has 1 fully saturated rings. The second-order valence-corrected chi connectivity index (χ2v) is 4.27. The zero-order valence-electron chi connectivity index (χ0n) is 9.67. The summed E-state index contributed by atoms with van der Waals surface area (Å²) in [5, 5.41) is 9.29. The Labute approximate surface area is 100 Å². The van der Waals surface area contributed by atoms with Crippen LogP contribution in [0.5, 0.6) is 0 Å². The van der Waals surface area contributed by atoms with Gasteiger partial charge in [0.05, 0.1) is 18.2 Å². The highest BCUT2D eigenvalue weighted by Gasteiger charge is 2.27. The van der Waals surface area contributed by atoms with Crippen LogP contribution < -0.4 is 5.73 Å². The van der Waals surface area contributed by atoms with Gasteiger partial charge in [0.1, 0.15) is 5.82 Å². The number of aliphatic hydroxyl groups excluding tert-OH is 1. The first-order valence-corrected chi connectivity index (χ1v) is 5.86. The molecule has 3 N–H and O–H groups in total. The molecule has 0 aliphatic carbocycles. The Bertz CT molecular complexity index is 408. The second kappa shape index (κ2) is 5.14. The standard InChI is InChI=1S/C12H17N3O2/c13-11-10(5-3-6-14-11)12(17)15-7-2-1-4-9(15)8-16/h3,5-6,9,16H,1-2,4,7-8H2,(H2,13,14). The number of hydrogen-bond donors (Lipinski definition) is 2. The number of likely N-dealkylation sites (tertiary alicyclic amines) is 1. The van der Waals surface area contributed by atoms with E-state index in [-0.39, 0.29) is 24.4 Å². The van der Waals surface area contributed by atoms with Crippen molar-refractivity contribution in [1.82, 2.24) is 9.88 Å². The maximum Gasteiger partial charge on any atom is 0.257 e. The number of rotatable bonds is 2. The van der Waals surface area contributed by atoms with Crippen LogP contribution in [0.15, 0.2) is 18.3 Å². The van der Waals surface area contributed by atoms with Crippen molar-refractivity contribution >= 4 is 11.7 Å². The molecule has 0 aromatic carbocycles. The smallest absolute Gasteiger partial charge is 0.257 e. The molecular formula is C12H17N3O2. The van der Waals surface area contributed by atoms with Crippen LogP contribution in [0.1, 0.15) is 29.6 Å². The zero-order chi connectivity index (χ0) is 12.3. The molecule has 0 bridgehead atoms. The van der Waals surface area contributed by atoms with Gasteiger partial charge in [0.25, 0.3) is 5.91 Å². The van der Waals surface area contributed by atoms with E-state index in [1.807, 2.05) is 0 Å². The van der Waals surface area contributed by atoms with Crippen molar-refractivity contribution < 1.29 is 9.90 Å². The number of nitrogen functional groups attached to an aromatic ring is 1. The van der Waals surface area contributed by atoms with Gasteiger partial charge < -0.3 is 15.7 Å². The fourth-order valence-electron chi connectivity index (χ4n) is 2.21. The first kappa shape index (κ1) is 11.9. The lowest BCUT2D eigenvalue weighted by Gasteiger charge is -2.34. The minimum Gasteiger partial charge on any atom is -0.394 e. The normalized spacial score (nSPS) is 20.3. The van der Waals surface area contributed by atoms with E-state index < -0.39 is 0 Å². The Balaban J connectivity index is 2.21. The molecule has 1 aliphatic rings. The van der Waals surface area contributed by atoms with Crippen LogP contribution in [0.25, 0.3) is 0 Å². The molecule has 92 valence electrons. The van der Waals surface area contributed by atoms with Crippen molar-refractivity contribution in [2.24, 2.45) is 0 Å². The van der Waals surface area contributed by atoms with E-state index in [0.29, 0.717) is 12.1 Å². The number of amides is 1. The van der Waals surface area contributed by atoms with E-state index in [2.05, 4.69) is 4.98 Å². The summed E-state index contributed by atoms with van der Waals surface area (Å²) >= 11 is 0. The number of pyridine rings is 1. The Morgan fingerprint density at radius 3 is 3.12 bits per heavy atom. The molecule has 17 heavy (non-hydrogen) atoms. The third-order valence-electron chi connectivity index (χ3n) is 3.17. The highest BCUT2D eigenvalue weighted by Crippen LogP contribution is 2.20. The number of nitrogens with two attached hydrogens (primary N) is 1. The van der Waals surface area contributed by atoms with Crippen molar-refractivity contribution in [2.75, 3.05) is 18.9 Å². The van der Waals surface area contributed by atoms with Gasteiger partial charge in [-0.15, -0.1) is 0 Å². The maximum absolute atomic E-state index is 12.3. The molecule has 1 saturated heterocycles. The predicted molar refractivity (Wildman–Crippen MR) is 64.4 cm³/mol. The Kier molecular flexibility index (Phi) is 3.58. The molecule has 2 rings (SSSR count). The third kappa shape index (κ3) is 2.39. The zero-order valence-corrected chi connectivity index (χ0v) is 9.67. The predicted octanol–water partition coefficient (Wildman–Crippen LogP) is 0.651. The van der Waals surface area contributed by atoms with Gasteiger partial charge in [-0.25, -0.2) is 4.98 Å². The van der Waals surface area contributed by atoms with Crippen LogP contribution >= 0.6 is 0 Å². The molecule has 1 unspecified atom stereocenters. The second-order valence-electron chi connectivity index (χ2n) is 4.27. The molecule has 5 heteroatoms. The highest BCUT2D eigenvalue weighted by molar-refractivity contribution is 5.98. The highest BCUT2D eigenvalue weighted by atomic mass is 16.3. The van der Waals surface area contributed by atoms with Gasteiger partial charge in [-0.3, -0.25) is 4.79 Å². The van der Waals surface area contributed by atoms with Gasteiger partial charge in [-0.05, 0) is 31.4 Å². The SMILES string of the molecule is Nc1ncccc1C(=O)N1CCCCC1CO. The van der Waals surface area contributed by atoms with E-state index >= 15 is 0 Å². The molecule has 1 amide bonds. The molecule has 0 saturated carbocycles. The molecular weight excluding hydrogens is 218 g/mol. The van der Waals surface area contributed by atoms with E-state index in [4.69, 9.17) is 5.73 Å². The summed E-state index contributed by atoms with van der Waals surface area (Å²) in [7, 11) is 0. The summed E-state index contributed by atoms with van der Waals surface area (Å²) in [5.74, 6) is 0.120. The summed E-state index contributed by atoms with van der Waals surface area (Å²) in [6.45, 7) is 0.685. The maximum atomic E-state index is 12.3. The summed E-state index contributed by atoms with van der Waals surface area (Å²) in [6.07, 6.45) is 4.44. The van der Waals surface area contributed by atoms with Crippen molar-refractivity contribution in [3.05, 3.63) is 23.9 Å². The first-order chi connectivity index (χ1) is 8.24. The van der Waals surface area contributed by atoms with Crippen molar-refractivity contribution in [3.8, 4) is 0 Å². The number of nitrogens with zero attached hydrogens (tertiary/aromatic N) is 2. The van der Waals surface area contributed by atoms with Crippen LogP contribution in [0.4, 0.5) is 5.82 Å². The average molecular weight is 235 g/mol. The van der Waals surface area contributed by atoms with Crippen molar-refractivity contribution in [1.29, 1.82) is 0 Å². The molecule has 1 aromatic rings. The van der Waals surface area contributed by atoms with Crippen molar-refractivity contribution in [3.63, 3.8) is 0 Å². The molecule has 1 aromatic heterocycles. The van der Waals surface area contributed by atoms with Gasteiger partial charge >= 0.3 is 0 Å². The van der Waals surface area contributed by atoms with Crippen LogP contribution in [-0.4, -0.2) is 40.1 Å². The van der Waals surface area contributed by atoms with E-state index in [1.54, 1.807) is 23.2 Å². The van der Waals surface area contributed by atoms with Gasteiger partial charge in [0.15, 0.2) is 0 Å². The van der Waals surface area contributed by atoms with Crippen LogP contribution in [0, 0.1) is 0 Å². The van der Waals surface area contributed by atoms with Gasteiger partial charge in [-0.1, -0.05) is 0 Å². The molecule has 5 nitrogen and oxygen atoms in total. The summed E-state index contributed by atoms with van der Waals surface area (Å²) in [5.41, 5.74) is 6.12. The summed E-state index contributed by atoms with van der Waals surface area (Å²) < 4.78 is 0. The van der Waals surface area contributed by atoms with E-state index in [1.165, 1.54) is 0 Å². The number of hydrogen-bond acceptors (Lipinski definition) is 4. The Hall–Kier alpha value is -1.62. The Morgan fingerprint density at radius 1 is 1.59 bits per heavy atom. The molecule has 0 radical (unpaired) electrons. The van der Waals surface area contributed by atoms with Gasteiger partial charge in [0.2, 0.25) is 0 Å². The molecule has 1 aliphatic heterocycles. The van der Waals surface area contributed by atoms with Crippen molar-refractivity contribution in [2.45, 2.75) is 25.3 Å². The van der Waals surface area contributed by atoms with Gasteiger partial charge in [-0.2, -0.15) is 0 Å². The number of piperidine rings is 1. The lowest BCUT2D eigenvalue weighted by Crippen LogP contribution is -2.45. The van der Waals surface area contributed by atoms with Gasteiger partial charge in [0, 0.05) is 12.7 Å².